The summed E-state index contributed by atoms with van der Waals surface area (Å²) in [7, 11) is 3.39. The van der Waals surface area contributed by atoms with Gasteiger partial charge in [-0.05, 0) is 23.3 Å². The van der Waals surface area contributed by atoms with E-state index in [-0.39, 0.29) is 11.8 Å². The van der Waals surface area contributed by atoms with Crippen molar-refractivity contribution in [3.8, 4) is 5.75 Å². The van der Waals surface area contributed by atoms with Gasteiger partial charge in [0.15, 0.2) is 0 Å². The number of likely N-dealkylation sites (N-methyl/N-ethyl adjacent to an activating group) is 1. The van der Waals surface area contributed by atoms with E-state index >= 15 is 0 Å². The third-order valence-electron chi connectivity index (χ3n) is 5.08. The van der Waals surface area contributed by atoms with Gasteiger partial charge in [0.2, 0.25) is 0 Å². The molecule has 1 heterocycles. The van der Waals surface area contributed by atoms with Crippen LogP contribution >= 0.6 is 0 Å². The largest absolute Gasteiger partial charge is 0.497 e. The molecule has 5 heteroatoms. The molecule has 0 spiro atoms. The summed E-state index contributed by atoms with van der Waals surface area (Å²) in [5, 5.41) is 0. The molecule has 0 unspecified atom stereocenters. The van der Waals surface area contributed by atoms with Gasteiger partial charge < -0.3 is 9.64 Å². The van der Waals surface area contributed by atoms with E-state index in [1.807, 2.05) is 72.6 Å². The Morgan fingerprint density at radius 2 is 1.50 bits per heavy atom. The highest BCUT2D eigenvalue weighted by Gasteiger charge is 2.41. The molecule has 4 rings (SSSR count). The number of hydrogen-bond donors (Lipinski definition) is 0. The fourth-order valence-corrected chi connectivity index (χ4v) is 3.66. The molecule has 1 aliphatic rings. The minimum atomic E-state index is -0.342. The second kappa shape index (κ2) is 8.25. The molecular weight excluding hydrogens is 376 g/mol. The second-order valence-corrected chi connectivity index (χ2v) is 7.08. The Morgan fingerprint density at radius 1 is 0.833 bits per heavy atom. The van der Waals surface area contributed by atoms with Crippen LogP contribution in [-0.4, -0.2) is 30.9 Å². The van der Waals surface area contributed by atoms with Gasteiger partial charge in [-0.1, -0.05) is 66.7 Å². The Balaban J connectivity index is 1.79. The van der Waals surface area contributed by atoms with Crippen LogP contribution in [0.4, 0.5) is 5.69 Å². The Hall–Kier alpha value is -3.86. The van der Waals surface area contributed by atoms with Gasteiger partial charge in [-0.25, -0.2) is 4.90 Å². The van der Waals surface area contributed by atoms with Crippen molar-refractivity contribution in [1.29, 1.82) is 0 Å². The lowest BCUT2D eigenvalue weighted by Crippen LogP contribution is -2.34. The molecule has 2 amide bonds. The van der Waals surface area contributed by atoms with Crippen molar-refractivity contribution in [3.05, 3.63) is 102 Å². The second-order valence-electron chi connectivity index (χ2n) is 7.08. The normalized spacial score (nSPS) is 13.7. The molecule has 0 aromatic heterocycles. The zero-order valence-corrected chi connectivity index (χ0v) is 16.9. The maximum atomic E-state index is 13.5. The van der Waals surface area contributed by atoms with Crippen molar-refractivity contribution in [2.75, 3.05) is 19.1 Å². The minimum Gasteiger partial charge on any atom is -0.497 e. The van der Waals surface area contributed by atoms with E-state index in [0.29, 0.717) is 29.3 Å². The number of hydrogen-bond acceptors (Lipinski definition) is 4. The van der Waals surface area contributed by atoms with E-state index in [0.717, 1.165) is 11.1 Å². The topological polar surface area (TPSA) is 49.9 Å². The van der Waals surface area contributed by atoms with E-state index in [4.69, 9.17) is 4.74 Å². The van der Waals surface area contributed by atoms with Gasteiger partial charge in [-0.15, -0.1) is 0 Å². The number of amides is 2. The first-order chi connectivity index (χ1) is 14.6. The molecular formula is C25H22N2O3. The first kappa shape index (κ1) is 19.5. The van der Waals surface area contributed by atoms with Crippen molar-refractivity contribution in [2.24, 2.45) is 0 Å². The zero-order valence-electron chi connectivity index (χ0n) is 16.9. The van der Waals surface area contributed by atoms with Gasteiger partial charge in [-0.3, -0.25) is 9.59 Å². The average Bonchev–Trinajstić information content (AvgIpc) is 3.05. The summed E-state index contributed by atoms with van der Waals surface area (Å²) in [5.41, 5.74) is 3.05. The number of methoxy groups -OCH3 is 1. The van der Waals surface area contributed by atoms with Crippen LogP contribution < -0.4 is 9.64 Å². The Bertz CT molecular complexity index is 1110. The van der Waals surface area contributed by atoms with Crippen LogP contribution in [0.2, 0.25) is 0 Å². The monoisotopic (exact) mass is 398 g/mol. The Kier molecular flexibility index (Phi) is 5.35. The van der Waals surface area contributed by atoms with Crippen molar-refractivity contribution in [3.63, 3.8) is 0 Å². The molecule has 0 saturated heterocycles. The quantitative estimate of drug-likeness (QED) is 0.587. The lowest BCUT2D eigenvalue weighted by Gasteiger charge is -2.21. The van der Waals surface area contributed by atoms with Crippen LogP contribution in [0.25, 0.3) is 5.57 Å². The van der Waals surface area contributed by atoms with Gasteiger partial charge >= 0.3 is 0 Å². The number of nitrogens with zero attached hydrogens (tertiary/aromatic N) is 2. The van der Waals surface area contributed by atoms with Crippen LogP contribution in [0.3, 0.4) is 0 Å². The highest BCUT2D eigenvalue weighted by Crippen LogP contribution is 2.35. The molecule has 0 radical (unpaired) electrons. The summed E-state index contributed by atoms with van der Waals surface area (Å²) >= 11 is 0. The van der Waals surface area contributed by atoms with Crippen LogP contribution in [-0.2, 0) is 16.1 Å². The number of carbonyl (C=O) groups is 2. The maximum absolute atomic E-state index is 13.5. The fraction of sp³-hybridized carbons (Fsp3) is 0.120. The van der Waals surface area contributed by atoms with E-state index in [2.05, 4.69) is 0 Å². The maximum Gasteiger partial charge on any atom is 0.282 e. The van der Waals surface area contributed by atoms with E-state index < -0.39 is 0 Å². The Labute approximate surface area is 175 Å². The summed E-state index contributed by atoms with van der Waals surface area (Å²) < 4.78 is 5.28. The van der Waals surface area contributed by atoms with Gasteiger partial charge in [-0.2, -0.15) is 0 Å². The lowest BCUT2D eigenvalue weighted by molar-refractivity contribution is -0.120. The molecule has 0 aliphatic carbocycles. The summed E-state index contributed by atoms with van der Waals surface area (Å²) in [4.78, 5) is 30.0. The number of anilines is 1. The van der Waals surface area contributed by atoms with Crippen molar-refractivity contribution < 1.29 is 14.3 Å². The SMILES string of the molecule is COc1cccc(N2C(=O)C(c3ccccc3)=C(N(C)Cc3ccccc3)C2=O)c1. The summed E-state index contributed by atoms with van der Waals surface area (Å²) in [6.45, 7) is 0.511. The fourth-order valence-electron chi connectivity index (χ4n) is 3.66. The van der Waals surface area contributed by atoms with E-state index in [9.17, 15) is 9.59 Å². The van der Waals surface area contributed by atoms with Crippen LogP contribution in [0, 0.1) is 0 Å². The molecule has 0 fully saturated rings. The van der Waals surface area contributed by atoms with Gasteiger partial charge in [0, 0.05) is 19.7 Å². The lowest BCUT2D eigenvalue weighted by atomic mass is 10.0. The highest BCUT2D eigenvalue weighted by atomic mass is 16.5. The third-order valence-corrected chi connectivity index (χ3v) is 5.08. The molecule has 5 nitrogen and oxygen atoms in total. The molecule has 0 N–H and O–H groups in total. The predicted molar refractivity (Wildman–Crippen MR) is 117 cm³/mol. The molecule has 3 aromatic carbocycles. The van der Waals surface area contributed by atoms with Crippen molar-refractivity contribution in [2.45, 2.75) is 6.54 Å². The molecule has 1 aliphatic heterocycles. The van der Waals surface area contributed by atoms with Crippen LogP contribution in [0.15, 0.2) is 90.6 Å². The first-order valence-electron chi connectivity index (χ1n) is 9.67. The summed E-state index contributed by atoms with van der Waals surface area (Å²) in [6, 6.07) is 26.2. The van der Waals surface area contributed by atoms with Gasteiger partial charge in [0.05, 0.1) is 18.4 Å². The number of imide groups is 1. The smallest absolute Gasteiger partial charge is 0.282 e. The van der Waals surface area contributed by atoms with Crippen LogP contribution in [0.5, 0.6) is 5.75 Å². The number of ether oxygens (including phenoxy) is 1. The van der Waals surface area contributed by atoms with Gasteiger partial charge in [0.1, 0.15) is 11.4 Å². The molecule has 0 saturated carbocycles. The van der Waals surface area contributed by atoms with Crippen molar-refractivity contribution in [1.82, 2.24) is 4.90 Å². The molecule has 30 heavy (non-hydrogen) atoms. The number of rotatable bonds is 6. The highest BCUT2D eigenvalue weighted by molar-refractivity contribution is 6.45. The Morgan fingerprint density at radius 3 is 2.17 bits per heavy atom. The van der Waals surface area contributed by atoms with E-state index in [1.165, 1.54) is 4.90 Å². The summed E-state index contributed by atoms with van der Waals surface area (Å²) in [6.07, 6.45) is 0. The molecule has 0 atom stereocenters. The average molecular weight is 398 g/mol. The number of benzene rings is 3. The zero-order chi connectivity index (χ0) is 21.1. The molecule has 150 valence electrons. The van der Waals surface area contributed by atoms with Crippen molar-refractivity contribution >= 4 is 23.1 Å². The standard InChI is InChI=1S/C25H22N2O3/c1-26(17-18-10-5-3-6-11-18)23-22(19-12-7-4-8-13-19)24(28)27(25(23)29)20-14-9-15-21(16-20)30-2/h3-16H,17H2,1-2H3. The summed E-state index contributed by atoms with van der Waals surface area (Å²) in [5.74, 6) is -0.0969. The first-order valence-corrected chi connectivity index (χ1v) is 9.67. The molecule has 3 aromatic rings. The third kappa shape index (κ3) is 3.57. The van der Waals surface area contributed by atoms with Crippen LogP contribution in [0.1, 0.15) is 11.1 Å². The minimum absolute atomic E-state index is 0.339. The number of carbonyl (C=O) groups excluding carboxylic acids is 2. The van der Waals surface area contributed by atoms with Gasteiger partial charge in [0.25, 0.3) is 11.8 Å². The predicted octanol–water partition coefficient (Wildman–Crippen LogP) is 4.11. The van der Waals surface area contributed by atoms with E-state index in [1.54, 1.807) is 31.4 Å². The molecule has 0 bridgehead atoms.